The molecule has 0 saturated heterocycles. The summed E-state index contributed by atoms with van der Waals surface area (Å²) in [4.78, 5) is 1.15. The molecule has 5 heteroatoms. The lowest BCUT2D eigenvalue weighted by Gasteiger charge is -2.12. The summed E-state index contributed by atoms with van der Waals surface area (Å²) >= 11 is 8.25. The molecule has 0 aliphatic rings. The average Bonchev–Trinajstić information content (AvgIpc) is 2.63. The van der Waals surface area contributed by atoms with Crippen molar-refractivity contribution >= 4 is 43.2 Å². The van der Waals surface area contributed by atoms with Gasteiger partial charge in [0.25, 0.3) is 0 Å². The summed E-state index contributed by atoms with van der Waals surface area (Å²) in [6, 6.07) is 6.68. The fourth-order valence-corrected chi connectivity index (χ4v) is 3.43. The lowest BCUT2D eigenvalue weighted by Crippen LogP contribution is -2.14. The second-order valence-corrected chi connectivity index (χ2v) is 6.53. The Morgan fingerprint density at radius 3 is 2.59 bits per heavy atom. The van der Waals surface area contributed by atoms with Crippen LogP contribution in [-0.4, -0.2) is 0 Å². The van der Waals surface area contributed by atoms with Crippen molar-refractivity contribution in [3.63, 3.8) is 0 Å². The van der Waals surface area contributed by atoms with Gasteiger partial charge in [-0.05, 0) is 34.1 Å². The lowest BCUT2D eigenvalue weighted by molar-refractivity contribution is 0.581. The van der Waals surface area contributed by atoms with E-state index in [4.69, 9.17) is 5.73 Å². The van der Waals surface area contributed by atoms with Gasteiger partial charge >= 0.3 is 0 Å². The minimum atomic E-state index is -0.311. The van der Waals surface area contributed by atoms with Gasteiger partial charge in [0.05, 0.1) is 0 Å². The van der Waals surface area contributed by atoms with Crippen molar-refractivity contribution in [1.82, 2.24) is 0 Å². The van der Waals surface area contributed by atoms with Crippen LogP contribution in [0.2, 0.25) is 0 Å². The summed E-state index contributed by atoms with van der Waals surface area (Å²) in [7, 11) is 0. The monoisotopic (exact) mass is 377 g/mol. The van der Waals surface area contributed by atoms with Crippen molar-refractivity contribution in [3.05, 3.63) is 54.8 Å². The summed E-state index contributed by atoms with van der Waals surface area (Å²) in [5.74, 6) is -0.262. The van der Waals surface area contributed by atoms with Crippen molar-refractivity contribution in [2.75, 3.05) is 0 Å². The topological polar surface area (TPSA) is 26.0 Å². The molecule has 0 radical (unpaired) electrons. The molecule has 2 rings (SSSR count). The van der Waals surface area contributed by atoms with Gasteiger partial charge in [-0.2, -0.15) is 0 Å². The van der Waals surface area contributed by atoms with Crippen molar-refractivity contribution in [2.45, 2.75) is 12.5 Å². The second kappa shape index (κ2) is 5.61. The van der Waals surface area contributed by atoms with Gasteiger partial charge in [0.1, 0.15) is 5.82 Å². The molecule has 1 unspecified atom stereocenters. The standard InChI is InChI=1S/C12H10Br2FNS/c13-7-1-2-10(11(15)4-7)12(16)5-9-3-8(14)6-17-9/h1-4,6,12H,5,16H2. The van der Waals surface area contributed by atoms with E-state index in [9.17, 15) is 4.39 Å². The van der Waals surface area contributed by atoms with Crippen LogP contribution in [0, 0.1) is 5.82 Å². The molecular weight excluding hydrogens is 369 g/mol. The third-order valence-electron chi connectivity index (χ3n) is 2.40. The van der Waals surface area contributed by atoms with Gasteiger partial charge in [-0.25, -0.2) is 4.39 Å². The average molecular weight is 379 g/mol. The third kappa shape index (κ3) is 3.37. The minimum Gasteiger partial charge on any atom is -0.324 e. The zero-order valence-electron chi connectivity index (χ0n) is 8.79. The Hall–Kier alpha value is -0.230. The molecule has 1 aromatic carbocycles. The minimum absolute atomic E-state index is 0.262. The maximum Gasteiger partial charge on any atom is 0.129 e. The van der Waals surface area contributed by atoms with Crippen LogP contribution in [0.4, 0.5) is 4.39 Å². The van der Waals surface area contributed by atoms with Crippen molar-refractivity contribution in [2.24, 2.45) is 5.73 Å². The van der Waals surface area contributed by atoms with Crippen LogP contribution < -0.4 is 5.73 Å². The van der Waals surface area contributed by atoms with Gasteiger partial charge in [-0.1, -0.05) is 22.0 Å². The van der Waals surface area contributed by atoms with Crippen LogP contribution in [0.3, 0.4) is 0 Å². The summed E-state index contributed by atoms with van der Waals surface area (Å²) in [6.07, 6.45) is 0.648. The first-order valence-corrected chi connectivity index (χ1v) is 7.46. The van der Waals surface area contributed by atoms with E-state index in [1.54, 1.807) is 17.4 Å². The number of nitrogens with two attached hydrogens (primary N) is 1. The van der Waals surface area contributed by atoms with E-state index in [1.807, 2.05) is 17.5 Å². The lowest BCUT2D eigenvalue weighted by atomic mass is 10.0. The third-order valence-corrected chi connectivity index (χ3v) is 4.62. The Morgan fingerprint density at radius 2 is 2.00 bits per heavy atom. The fourth-order valence-electron chi connectivity index (χ4n) is 1.59. The molecule has 1 atom stereocenters. The van der Waals surface area contributed by atoms with Gasteiger partial charge in [0.15, 0.2) is 0 Å². The van der Waals surface area contributed by atoms with Crippen LogP contribution in [0.25, 0.3) is 0 Å². The number of thiophene rings is 1. The number of hydrogen-bond donors (Lipinski definition) is 1. The molecule has 17 heavy (non-hydrogen) atoms. The smallest absolute Gasteiger partial charge is 0.129 e. The van der Waals surface area contributed by atoms with E-state index < -0.39 is 0 Å². The van der Waals surface area contributed by atoms with E-state index in [1.165, 1.54) is 6.07 Å². The molecule has 2 aromatic rings. The zero-order valence-corrected chi connectivity index (χ0v) is 12.8. The van der Waals surface area contributed by atoms with E-state index in [-0.39, 0.29) is 11.9 Å². The first-order valence-electron chi connectivity index (χ1n) is 4.99. The van der Waals surface area contributed by atoms with E-state index in [0.29, 0.717) is 12.0 Å². The molecule has 0 aliphatic carbocycles. The molecule has 0 bridgehead atoms. The highest BCUT2D eigenvalue weighted by atomic mass is 79.9. The molecule has 0 fully saturated rings. The predicted octanol–water partition coefficient (Wildman–Crippen LogP) is 4.65. The maximum atomic E-state index is 13.7. The molecular formula is C12H10Br2FNS. The summed E-state index contributed by atoms with van der Waals surface area (Å²) in [5, 5.41) is 2.00. The molecule has 90 valence electrons. The molecule has 1 nitrogen and oxygen atoms in total. The molecule has 0 spiro atoms. The summed E-state index contributed by atoms with van der Waals surface area (Å²) < 4.78 is 15.5. The summed E-state index contributed by atoms with van der Waals surface area (Å²) in [6.45, 7) is 0. The quantitative estimate of drug-likeness (QED) is 0.826. The molecule has 1 aromatic heterocycles. The van der Waals surface area contributed by atoms with Crippen LogP contribution >= 0.6 is 43.2 Å². The Labute approximate surface area is 120 Å². The van der Waals surface area contributed by atoms with Crippen molar-refractivity contribution in [3.8, 4) is 0 Å². The van der Waals surface area contributed by atoms with Gasteiger partial charge in [0.2, 0.25) is 0 Å². The zero-order chi connectivity index (χ0) is 12.4. The van der Waals surface area contributed by atoms with Crippen LogP contribution in [-0.2, 0) is 6.42 Å². The maximum absolute atomic E-state index is 13.7. The second-order valence-electron chi connectivity index (χ2n) is 3.71. The Bertz CT molecular complexity index is 527. The molecule has 0 amide bonds. The van der Waals surface area contributed by atoms with Crippen LogP contribution in [0.1, 0.15) is 16.5 Å². The number of halogens is 3. The van der Waals surface area contributed by atoms with E-state index in [2.05, 4.69) is 31.9 Å². The highest BCUT2D eigenvalue weighted by Crippen LogP contribution is 2.26. The van der Waals surface area contributed by atoms with E-state index >= 15 is 0 Å². The number of benzene rings is 1. The molecule has 0 saturated carbocycles. The highest BCUT2D eigenvalue weighted by molar-refractivity contribution is 9.10. The highest BCUT2D eigenvalue weighted by Gasteiger charge is 2.13. The van der Waals surface area contributed by atoms with Crippen LogP contribution in [0.5, 0.6) is 0 Å². The first kappa shape index (κ1) is 13.2. The normalized spacial score (nSPS) is 12.7. The number of rotatable bonds is 3. The van der Waals surface area contributed by atoms with Gasteiger partial charge in [-0.15, -0.1) is 11.3 Å². The van der Waals surface area contributed by atoms with Crippen LogP contribution in [0.15, 0.2) is 38.6 Å². The molecule has 0 aliphatic heterocycles. The Balaban J connectivity index is 2.17. The largest absolute Gasteiger partial charge is 0.324 e. The Kier molecular flexibility index (Phi) is 4.36. The van der Waals surface area contributed by atoms with Gasteiger partial charge < -0.3 is 5.73 Å². The van der Waals surface area contributed by atoms with Crippen molar-refractivity contribution in [1.29, 1.82) is 0 Å². The fraction of sp³-hybridized carbons (Fsp3) is 0.167. The first-order chi connectivity index (χ1) is 8.06. The number of hydrogen-bond acceptors (Lipinski definition) is 2. The SMILES string of the molecule is NC(Cc1cc(Br)cs1)c1ccc(Br)cc1F. The molecule has 2 N–H and O–H groups in total. The van der Waals surface area contributed by atoms with E-state index in [0.717, 1.165) is 13.8 Å². The molecule has 1 heterocycles. The summed E-state index contributed by atoms with van der Waals surface area (Å²) in [5.41, 5.74) is 6.58. The predicted molar refractivity (Wildman–Crippen MR) is 76.8 cm³/mol. The van der Waals surface area contributed by atoms with Gasteiger partial charge in [0, 0.05) is 37.2 Å². The Morgan fingerprint density at radius 1 is 1.24 bits per heavy atom. The van der Waals surface area contributed by atoms with Crippen molar-refractivity contribution < 1.29 is 4.39 Å². The van der Waals surface area contributed by atoms with Gasteiger partial charge in [-0.3, -0.25) is 0 Å².